The van der Waals surface area contributed by atoms with Crippen LogP contribution in [0.4, 0.5) is 5.69 Å². The van der Waals surface area contributed by atoms with E-state index < -0.39 is 6.10 Å². The van der Waals surface area contributed by atoms with Crippen LogP contribution in [0.15, 0.2) is 18.3 Å². The molecule has 0 saturated heterocycles. The maximum Gasteiger partial charge on any atom is 0.272 e. The van der Waals surface area contributed by atoms with Crippen LogP contribution >= 0.6 is 0 Å². The topological polar surface area (TPSA) is 65.5 Å². The number of nitrogens with zero attached hydrogens (tertiary/aromatic N) is 2. The van der Waals surface area contributed by atoms with Gasteiger partial charge in [-0.1, -0.05) is 6.92 Å². The lowest BCUT2D eigenvalue weighted by molar-refractivity contribution is 0.0763. The zero-order chi connectivity index (χ0) is 14.3. The van der Waals surface area contributed by atoms with Crippen LogP contribution in [0.5, 0.6) is 0 Å². The van der Waals surface area contributed by atoms with Crippen LogP contribution in [0.1, 0.15) is 37.2 Å². The second-order valence-corrected chi connectivity index (χ2v) is 4.72. The van der Waals surface area contributed by atoms with Gasteiger partial charge in [0.2, 0.25) is 0 Å². The lowest BCUT2D eigenvalue weighted by Crippen LogP contribution is -2.30. The Hall–Kier alpha value is -1.62. The van der Waals surface area contributed by atoms with Crippen molar-refractivity contribution in [2.45, 2.75) is 32.8 Å². The van der Waals surface area contributed by atoms with Crippen LogP contribution in [0.2, 0.25) is 0 Å². The lowest BCUT2D eigenvalue weighted by Gasteiger charge is -2.17. The molecule has 0 aliphatic carbocycles. The Kier molecular flexibility index (Phi) is 6.29. The van der Waals surface area contributed by atoms with Crippen molar-refractivity contribution in [2.75, 3.05) is 25.5 Å². The van der Waals surface area contributed by atoms with Gasteiger partial charge in [-0.05, 0) is 31.9 Å². The second-order valence-electron chi connectivity index (χ2n) is 4.72. The van der Waals surface area contributed by atoms with Gasteiger partial charge in [0.05, 0.1) is 6.10 Å². The van der Waals surface area contributed by atoms with Gasteiger partial charge < -0.3 is 15.3 Å². The number of carbonyl (C=O) groups is 1. The molecule has 1 unspecified atom stereocenters. The van der Waals surface area contributed by atoms with Crippen LogP contribution in [0.3, 0.4) is 0 Å². The molecule has 19 heavy (non-hydrogen) atoms. The zero-order valence-corrected chi connectivity index (χ0v) is 11.9. The van der Waals surface area contributed by atoms with Crippen molar-refractivity contribution in [1.82, 2.24) is 9.88 Å². The summed E-state index contributed by atoms with van der Waals surface area (Å²) in [6.07, 6.45) is 2.82. The fraction of sp³-hybridized carbons (Fsp3) is 0.571. The molecule has 0 spiro atoms. The summed E-state index contributed by atoms with van der Waals surface area (Å²) in [7, 11) is 1.72. The summed E-state index contributed by atoms with van der Waals surface area (Å²) in [6, 6.07) is 3.61. The minimum Gasteiger partial charge on any atom is -0.393 e. The monoisotopic (exact) mass is 265 g/mol. The fourth-order valence-corrected chi connectivity index (χ4v) is 1.60. The number of aliphatic hydroxyl groups excluding tert-OH is 1. The number of pyridine rings is 1. The molecule has 0 bridgehead atoms. The Labute approximate surface area is 114 Å². The number of anilines is 1. The first-order chi connectivity index (χ1) is 9.04. The molecule has 106 valence electrons. The number of hydrogen-bond acceptors (Lipinski definition) is 4. The summed E-state index contributed by atoms with van der Waals surface area (Å²) >= 11 is 0. The second kappa shape index (κ2) is 7.74. The summed E-state index contributed by atoms with van der Waals surface area (Å²) in [5, 5.41) is 12.5. The molecule has 1 heterocycles. The summed E-state index contributed by atoms with van der Waals surface area (Å²) in [4.78, 5) is 17.8. The van der Waals surface area contributed by atoms with E-state index in [0.29, 0.717) is 18.7 Å². The van der Waals surface area contributed by atoms with E-state index in [4.69, 9.17) is 0 Å². The predicted octanol–water partition coefficient (Wildman–Crippen LogP) is 1.75. The molecule has 1 aromatic heterocycles. The number of aliphatic hydroxyl groups is 1. The molecule has 2 N–H and O–H groups in total. The van der Waals surface area contributed by atoms with Gasteiger partial charge >= 0.3 is 0 Å². The third-order valence-electron chi connectivity index (χ3n) is 2.79. The Morgan fingerprint density at radius 3 is 2.95 bits per heavy atom. The number of nitrogens with one attached hydrogen (secondary N) is 1. The summed E-state index contributed by atoms with van der Waals surface area (Å²) in [5.74, 6) is -0.124. The summed E-state index contributed by atoms with van der Waals surface area (Å²) in [5.41, 5.74) is 1.33. The molecule has 0 saturated carbocycles. The van der Waals surface area contributed by atoms with Crippen molar-refractivity contribution in [3.63, 3.8) is 0 Å². The average molecular weight is 265 g/mol. The van der Waals surface area contributed by atoms with Gasteiger partial charge in [-0.2, -0.15) is 0 Å². The molecule has 0 radical (unpaired) electrons. The van der Waals surface area contributed by atoms with Crippen LogP contribution in [-0.2, 0) is 0 Å². The maximum absolute atomic E-state index is 12.1. The molecule has 0 aliphatic heterocycles. The third kappa shape index (κ3) is 5.26. The van der Waals surface area contributed by atoms with E-state index in [1.54, 1.807) is 31.1 Å². The molecule has 5 heteroatoms. The highest BCUT2D eigenvalue weighted by Crippen LogP contribution is 2.10. The van der Waals surface area contributed by atoms with Crippen molar-refractivity contribution < 1.29 is 9.90 Å². The molecule has 0 aromatic carbocycles. The number of amides is 1. The molecule has 1 rings (SSSR count). The SMILES string of the molecule is CCCNc1ccnc(C(=O)N(C)CCC(C)O)c1. The zero-order valence-electron chi connectivity index (χ0n) is 11.9. The van der Waals surface area contributed by atoms with E-state index in [0.717, 1.165) is 18.7 Å². The van der Waals surface area contributed by atoms with E-state index in [2.05, 4.69) is 17.2 Å². The molecular weight excluding hydrogens is 242 g/mol. The maximum atomic E-state index is 12.1. The van der Waals surface area contributed by atoms with E-state index in [1.165, 1.54) is 0 Å². The molecule has 0 aliphatic rings. The van der Waals surface area contributed by atoms with Crippen molar-refractivity contribution in [3.8, 4) is 0 Å². The third-order valence-corrected chi connectivity index (χ3v) is 2.79. The quantitative estimate of drug-likeness (QED) is 0.788. The van der Waals surface area contributed by atoms with Crippen LogP contribution in [-0.4, -0.2) is 47.1 Å². The first-order valence-corrected chi connectivity index (χ1v) is 6.68. The number of aromatic nitrogens is 1. The van der Waals surface area contributed by atoms with E-state index in [-0.39, 0.29) is 5.91 Å². The van der Waals surface area contributed by atoms with Crippen LogP contribution in [0, 0.1) is 0 Å². The predicted molar refractivity (Wildman–Crippen MR) is 76.3 cm³/mol. The van der Waals surface area contributed by atoms with Gasteiger partial charge in [0, 0.05) is 32.0 Å². The van der Waals surface area contributed by atoms with Crippen molar-refractivity contribution in [2.24, 2.45) is 0 Å². The largest absolute Gasteiger partial charge is 0.393 e. The Morgan fingerprint density at radius 1 is 1.58 bits per heavy atom. The average Bonchev–Trinajstić information content (AvgIpc) is 2.41. The van der Waals surface area contributed by atoms with Crippen LogP contribution in [0.25, 0.3) is 0 Å². The van der Waals surface area contributed by atoms with E-state index in [9.17, 15) is 9.90 Å². The van der Waals surface area contributed by atoms with Crippen molar-refractivity contribution in [1.29, 1.82) is 0 Å². The molecule has 1 atom stereocenters. The van der Waals surface area contributed by atoms with Gasteiger partial charge in [-0.3, -0.25) is 9.78 Å². The molecule has 0 fully saturated rings. The Balaban J connectivity index is 2.65. The molecule has 1 amide bonds. The van der Waals surface area contributed by atoms with Gasteiger partial charge in [0.1, 0.15) is 5.69 Å². The first-order valence-electron chi connectivity index (χ1n) is 6.68. The van der Waals surface area contributed by atoms with Gasteiger partial charge in [-0.15, -0.1) is 0 Å². The number of hydrogen-bond donors (Lipinski definition) is 2. The fourth-order valence-electron chi connectivity index (χ4n) is 1.60. The summed E-state index contributed by atoms with van der Waals surface area (Å²) < 4.78 is 0. The Bertz CT molecular complexity index is 407. The molecule has 5 nitrogen and oxygen atoms in total. The number of rotatable bonds is 7. The standard InChI is InChI=1S/C14H23N3O2/c1-4-7-15-12-5-8-16-13(10-12)14(19)17(3)9-6-11(2)18/h5,8,10-11,18H,4,6-7,9H2,1-3H3,(H,15,16). The smallest absolute Gasteiger partial charge is 0.272 e. The van der Waals surface area contributed by atoms with Gasteiger partial charge in [0.15, 0.2) is 0 Å². The van der Waals surface area contributed by atoms with Crippen LogP contribution < -0.4 is 5.32 Å². The van der Waals surface area contributed by atoms with Crippen molar-refractivity contribution >= 4 is 11.6 Å². The molecular formula is C14H23N3O2. The van der Waals surface area contributed by atoms with Crippen molar-refractivity contribution in [3.05, 3.63) is 24.0 Å². The number of carbonyl (C=O) groups excluding carboxylic acids is 1. The highest BCUT2D eigenvalue weighted by molar-refractivity contribution is 5.92. The first kappa shape index (κ1) is 15.4. The summed E-state index contributed by atoms with van der Waals surface area (Å²) in [6.45, 7) is 5.19. The van der Waals surface area contributed by atoms with Gasteiger partial charge in [-0.25, -0.2) is 0 Å². The normalized spacial score (nSPS) is 12.0. The van der Waals surface area contributed by atoms with E-state index in [1.807, 2.05) is 6.07 Å². The lowest BCUT2D eigenvalue weighted by atomic mass is 10.2. The van der Waals surface area contributed by atoms with E-state index >= 15 is 0 Å². The minimum atomic E-state index is -0.402. The highest BCUT2D eigenvalue weighted by atomic mass is 16.3. The highest BCUT2D eigenvalue weighted by Gasteiger charge is 2.13. The molecule has 1 aromatic rings. The minimum absolute atomic E-state index is 0.124. The Morgan fingerprint density at radius 2 is 2.32 bits per heavy atom. The van der Waals surface area contributed by atoms with Gasteiger partial charge in [0.25, 0.3) is 5.91 Å².